The van der Waals surface area contributed by atoms with Crippen LogP contribution in [0.4, 0.5) is 4.39 Å². The summed E-state index contributed by atoms with van der Waals surface area (Å²) in [7, 11) is 0. The summed E-state index contributed by atoms with van der Waals surface area (Å²) >= 11 is 5.86. The lowest BCUT2D eigenvalue weighted by atomic mass is 10.1. The second-order valence-electron chi connectivity index (χ2n) is 3.14. The monoisotopic (exact) mass is 240 g/mol. The number of aromatic amines is 1. The molecule has 1 aromatic carbocycles. The van der Waals surface area contributed by atoms with Gasteiger partial charge in [-0.05, 0) is 25.1 Å². The molecule has 0 spiro atoms. The van der Waals surface area contributed by atoms with Gasteiger partial charge in [-0.25, -0.2) is 9.37 Å². The van der Waals surface area contributed by atoms with Crippen molar-refractivity contribution in [3.8, 4) is 17.0 Å². The number of halogens is 2. The summed E-state index contributed by atoms with van der Waals surface area (Å²) < 4.78 is 18.7. The molecule has 0 aliphatic heterocycles. The minimum atomic E-state index is -0.418. The number of imidazole rings is 1. The summed E-state index contributed by atoms with van der Waals surface area (Å²) in [5.74, 6) is -0.184. The zero-order valence-electron chi connectivity index (χ0n) is 8.63. The maximum atomic E-state index is 13.6. The van der Waals surface area contributed by atoms with E-state index in [1.54, 1.807) is 19.1 Å². The third-order valence-corrected chi connectivity index (χ3v) is 2.39. The van der Waals surface area contributed by atoms with Crippen LogP contribution in [0.15, 0.2) is 24.5 Å². The lowest BCUT2D eigenvalue weighted by Crippen LogP contribution is -1.94. The first-order valence-corrected chi connectivity index (χ1v) is 5.21. The van der Waals surface area contributed by atoms with E-state index in [0.717, 1.165) is 0 Å². The molecule has 84 valence electrons. The van der Waals surface area contributed by atoms with Crippen molar-refractivity contribution < 1.29 is 9.13 Å². The smallest absolute Gasteiger partial charge is 0.165 e. The van der Waals surface area contributed by atoms with Crippen molar-refractivity contribution >= 4 is 11.6 Å². The van der Waals surface area contributed by atoms with Gasteiger partial charge in [0, 0.05) is 5.56 Å². The minimum Gasteiger partial charge on any atom is -0.491 e. The van der Waals surface area contributed by atoms with Crippen LogP contribution in [0.2, 0.25) is 5.15 Å². The van der Waals surface area contributed by atoms with E-state index in [9.17, 15) is 4.39 Å². The van der Waals surface area contributed by atoms with E-state index < -0.39 is 5.82 Å². The van der Waals surface area contributed by atoms with Gasteiger partial charge in [0.05, 0.1) is 12.9 Å². The van der Waals surface area contributed by atoms with Gasteiger partial charge in [-0.2, -0.15) is 0 Å². The number of benzene rings is 1. The molecule has 5 heteroatoms. The Labute approximate surface area is 97.2 Å². The van der Waals surface area contributed by atoms with E-state index >= 15 is 0 Å². The van der Waals surface area contributed by atoms with Crippen LogP contribution in [-0.2, 0) is 0 Å². The molecule has 1 aromatic heterocycles. The highest BCUT2D eigenvalue weighted by Gasteiger charge is 2.10. The van der Waals surface area contributed by atoms with Gasteiger partial charge in [-0.1, -0.05) is 11.6 Å². The van der Waals surface area contributed by atoms with Crippen LogP contribution in [0.3, 0.4) is 0 Å². The van der Waals surface area contributed by atoms with Gasteiger partial charge in [-0.3, -0.25) is 0 Å². The van der Waals surface area contributed by atoms with Gasteiger partial charge in [0.1, 0.15) is 10.8 Å². The van der Waals surface area contributed by atoms with Crippen molar-refractivity contribution in [1.29, 1.82) is 0 Å². The van der Waals surface area contributed by atoms with Crippen molar-refractivity contribution in [2.75, 3.05) is 6.61 Å². The summed E-state index contributed by atoms with van der Waals surface area (Å²) in [5, 5.41) is 0.392. The van der Waals surface area contributed by atoms with Crippen LogP contribution >= 0.6 is 11.6 Å². The SMILES string of the molecule is CCOc1ccc(-c2nc[nH]c2Cl)cc1F. The van der Waals surface area contributed by atoms with E-state index in [2.05, 4.69) is 9.97 Å². The first kappa shape index (κ1) is 11.0. The number of rotatable bonds is 3. The molecule has 1 heterocycles. The normalized spacial score (nSPS) is 10.4. The molecule has 0 radical (unpaired) electrons. The zero-order valence-corrected chi connectivity index (χ0v) is 9.38. The Kier molecular flexibility index (Phi) is 3.10. The molecule has 0 saturated carbocycles. The molecule has 0 unspecified atom stereocenters. The van der Waals surface area contributed by atoms with Crippen molar-refractivity contribution in [3.63, 3.8) is 0 Å². The zero-order chi connectivity index (χ0) is 11.5. The van der Waals surface area contributed by atoms with Crippen molar-refractivity contribution in [3.05, 3.63) is 35.5 Å². The molecule has 1 N–H and O–H groups in total. The minimum absolute atomic E-state index is 0.234. The molecule has 0 aliphatic carbocycles. The second kappa shape index (κ2) is 4.53. The highest BCUT2D eigenvalue weighted by atomic mass is 35.5. The number of H-pyrrole nitrogens is 1. The molecule has 3 nitrogen and oxygen atoms in total. The Balaban J connectivity index is 2.38. The second-order valence-corrected chi connectivity index (χ2v) is 3.52. The number of hydrogen-bond acceptors (Lipinski definition) is 2. The average molecular weight is 241 g/mol. The van der Waals surface area contributed by atoms with Crippen molar-refractivity contribution in [2.24, 2.45) is 0 Å². The predicted octanol–water partition coefficient (Wildman–Crippen LogP) is 3.27. The van der Waals surface area contributed by atoms with Crippen LogP contribution in [-0.4, -0.2) is 16.6 Å². The molecule has 0 bridgehead atoms. The maximum absolute atomic E-state index is 13.6. The fourth-order valence-electron chi connectivity index (χ4n) is 1.40. The Morgan fingerprint density at radius 1 is 1.50 bits per heavy atom. The van der Waals surface area contributed by atoms with Gasteiger partial charge in [0.25, 0.3) is 0 Å². The highest BCUT2D eigenvalue weighted by molar-refractivity contribution is 6.31. The van der Waals surface area contributed by atoms with Crippen molar-refractivity contribution in [2.45, 2.75) is 6.92 Å². The first-order chi connectivity index (χ1) is 7.72. The summed E-state index contributed by atoms with van der Waals surface area (Å²) in [5.41, 5.74) is 1.15. The Hall–Kier alpha value is -1.55. The third kappa shape index (κ3) is 2.02. The molecule has 0 atom stereocenters. The maximum Gasteiger partial charge on any atom is 0.165 e. The van der Waals surface area contributed by atoms with Crippen LogP contribution in [0.5, 0.6) is 5.75 Å². The molecular weight excluding hydrogens is 231 g/mol. The van der Waals surface area contributed by atoms with Gasteiger partial charge in [-0.15, -0.1) is 0 Å². The van der Waals surface area contributed by atoms with E-state index in [0.29, 0.717) is 23.0 Å². The number of nitrogens with zero attached hydrogens (tertiary/aromatic N) is 1. The number of ether oxygens (including phenoxy) is 1. The fraction of sp³-hybridized carbons (Fsp3) is 0.182. The molecule has 0 fully saturated rings. The third-order valence-electron chi connectivity index (χ3n) is 2.10. The van der Waals surface area contributed by atoms with Gasteiger partial charge in [0.2, 0.25) is 0 Å². The Morgan fingerprint density at radius 2 is 2.31 bits per heavy atom. The first-order valence-electron chi connectivity index (χ1n) is 4.84. The molecule has 0 amide bonds. The molecule has 2 rings (SSSR count). The molecular formula is C11H10ClFN2O. The summed E-state index contributed by atoms with van der Waals surface area (Å²) in [6, 6.07) is 4.64. The molecule has 16 heavy (non-hydrogen) atoms. The lowest BCUT2D eigenvalue weighted by molar-refractivity contribution is 0.321. The Morgan fingerprint density at radius 3 is 2.88 bits per heavy atom. The number of nitrogens with one attached hydrogen (secondary N) is 1. The molecule has 0 saturated heterocycles. The van der Waals surface area contributed by atoms with Crippen LogP contribution in [0, 0.1) is 5.82 Å². The van der Waals surface area contributed by atoms with E-state index in [-0.39, 0.29) is 5.75 Å². The average Bonchev–Trinajstić information content (AvgIpc) is 2.68. The summed E-state index contributed by atoms with van der Waals surface area (Å²) in [6.45, 7) is 2.23. The van der Waals surface area contributed by atoms with E-state index in [1.165, 1.54) is 12.4 Å². The van der Waals surface area contributed by atoms with Gasteiger partial charge in [0.15, 0.2) is 11.6 Å². The predicted molar refractivity (Wildman–Crippen MR) is 60.2 cm³/mol. The Bertz CT molecular complexity index is 498. The topological polar surface area (TPSA) is 37.9 Å². The largest absolute Gasteiger partial charge is 0.491 e. The summed E-state index contributed by atoms with van der Waals surface area (Å²) in [6.07, 6.45) is 1.46. The standard InChI is InChI=1S/C11H10ClFN2O/c1-2-16-9-4-3-7(5-8(9)13)10-11(12)15-6-14-10/h3-6H,2H2,1H3,(H,14,15). The van der Waals surface area contributed by atoms with Gasteiger partial charge < -0.3 is 9.72 Å². The van der Waals surface area contributed by atoms with E-state index in [1.807, 2.05) is 0 Å². The van der Waals surface area contributed by atoms with Crippen LogP contribution in [0.25, 0.3) is 11.3 Å². The number of aromatic nitrogens is 2. The molecule has 0 aliphatic rings. The van der Waals surface area contributed by atoms with Crippen LogP contribution in [0.1, 0.15) is 6.92 Å². The quantitative estimate of drug-likeness (QED) is 0.894. The highest BCUT2D eigenvalue weighted by Crippen LogP contribution is 2.28. The fourth-order valence-corrected chi connectivity index (χ4v) is 1.61. The van der Waals surface area contributed by atoms with E-state index in [4.69, 9.17) is 16.3 Å². The summed E-state index contributed by atoms with van der Waals surface area (Å²) in [4.78, 5) is 6.73. The number of hydrogen-bond donors (Lipinski definition) is 1. The van der Waals surface area contributed by atoms with Crippen LogP contribution < -0.4 is 4.74 Å². The van der Waals surface area contributed by atoms with Gasteiger partial charge >= 0.3 is 0 Å². The van der Waals surface area contributed by atoms with Crippen molar-refractivity contribution in [1.82, 2.24) is 9.97 Å². The molecule has 2 aromatic rings. The lowest BCUT2D eigenvalue weighted by Gasteiger charge is -2.05.